The maximum absolute atomic E-state index is 13.0. The van der Waals surface area contributed by atoms with E-state index < -0.39 is 22.0 Å². The summed E-state index contributed by atoms with van der Waals surface area (Å²) in [4.78, 5) is 15.9. The van der Waals surface area contributed by atoms with Gasteiger partial charge in [-0.15, -0.1) is 0 Å². The van der Waals surface area contributed by atoms with Crippen LogP contribution in [-0.4, -0.2) is 44.3 Å². The Bertz CT molecular complexity index is 1610. The third-order valence-electron chi connectivity index (χ3n) is 6.37. The number of rotatable bonds is 4. The van der Waals surface area contributed by atoms with Gasteiger partial charge in [0.1, 0.15) is 11.5 Å². The molecule has 0 saturated carbocycles. The van der Waals surface area contributed by atoms with E-state index in [1.54, 1.807) is 24.3 Å². The highest BCUT2D eigenvalue weighted by Gasteiger charge is 2.35. The summed E-state index contributed by atoms with van der Waals surface area (Å²) in [5.41, 5.74) is 2.72. The van der Waals surface area contributed by atoms with Crippen LogP contribution in [0.25, 0.3) is 22.5 Å². The molecule has 9 nitrogen and oxygen atoms in total. The summed E-state index contributed by atoms with van der Waals surface area (Å²) in [6, 6.07) is 14.3. The summed E-state index contributed by atoms with van der Waals surface area (Å²) >= 11 is 0. The standard InChI is InChI=1S/C20H20F3N5O.C7H8O3S/c1-12(29)24-15-7-8-19-25-17(11-28(19)10-15)14-5-3-13(4-6-14)16-9-18(20(21,22)23)27(2)26-16;1-6-2-4-7(5-3-6)11(8,9)10/h3-6,9,11,15H,7-8,10H2,1-2H3,(H,24,29);2-5H,1H3,(H,8,9,10). The number of aromatic nitrogens is 4. The van der Waals surface area contributed by atoms with E-state index in [1.165, 1.54) is 26.1 Å². The second kappa shape index (κ2) is 11.3. The van der Waals surface area contributed by atoms with Gasteiger partial charge >= 0.3 is 6.18 Å². The van der Waals surface area contributed by atoms with Crippen LogP contribution in [0.3, 0.4) is 0 Å². The van der Waals surface area contributed by atoms with Gasteiger partial charge in [-0.1, -0.05) is 42.0 Å². The maximum Gasteiger partial charge on any atom is 0.433 e. The summed E-state index contributed by atoms with van der Waals surface area (Å²) in [5.74, 6) is 0.919. The van der Waals surface area contributed by atoms with Gasteiger partial charge in [0.25, 0.3) is 10.1 Å². The molecule has 0 radical (unpaired) electrons. The minimum atomic E-state index is -4.44. The van der Waals surface area contributed by atoms with Gasteiger partial charge in [-0.2, -0.15) is 26.7 Å². The first-order valence-corrected chi connectivity index (χ1v) is 13.7. The van der Waals surface area contributed by atoms with Gasteiger partial charge in [0.05, 0.1) is 16.3 Å². The molecule has 1 atom stereocenters. The van der Waals surface area contributed by atoms with Gasteiger partial charge < -0.3 is 9.88 Å². The summed E-state index contributed by atoms with van der Waals surface area (Å²) in [6.07, 6.45) is -0.876. The fraction of sp³-hybridized carbons (Fsp3) is 0.296. The number of carbonyl (C=O) groups excluding carboxylic acids is 1. The van der Waals surface area contributed by atoms with Crippen LogP contribution in [0, 0.1) is 6.92 Å². The zero-order valence-corrected chi connectivity index (χ0v) is 22.8. The lowest BCUT2D eigenvalue weighted by molar-refractivity contribution is -0.143. The molecule has 0 saturated heterocycles. The molecule has 1 aliphatic rings. The molecule has 1 amide bonds. The zero-order chi connectivity index (χ0) is 29.2. The fourth-order valence-electron chi connectivity index (χ4n) is 4.38. The number of hydrogen-bond acceptors (Lipinski definition) is 5. The van der Waals surface area contributed by atoms with E-state index in [-0.39, 0.29) is 22.5 Å². The Morgan fingerprint density at radius 2 is 1.65 bits per heavy atom. The van der Waals surface area contributed by atoms with Crippen LogP contribution >= 0.6 is 0 Å². The average molecular weight is 576 g/mol. The first kappa shape index (κ1) is 29.0. The highest BCUT2D eigenvalue weighted by Crippen LogP contribution is 2.32. The van der Waals surface area contributed by atoms with E-state index in [1.807, 2.05) is 29.8 Å². The molecule has 13 heteroatoms. The Morgan fingerprint density at radius 1 is 1.05 bits per heavy atom. The Kier molecular flexibility index (Phi) is 8.17. The summed E-state index contributed by atoms with van der Waals surface area (Å²) in [6.45, 7) is 4.03. The number of fused-ring (bicyclic) bond motifs is 1. The van der Waals surface area contributed by atoms with Crippen LogP contribution in [0.1, 0.15) is 30.4 Å². The predicted octanol–water partition coefficient (Wildman–Crippen LogP) is 4.66. The number of alkyl halides is 3. The number of amides is 1. The number of carbonyl (C=O) groups is 1. The van der Waals surface area contributed by atoms with Crippen LogP contribution in [-0.2, 0) is 41.1 Å². The smallest absolute Gasteiger partial charge is 0.352 e. The van der Waals surface area contributed by atoms with Crippen molar-refractivity contribution in [1.82, 2.24) is 24.6 Å². The van der Waals surface area contributed by atoms with Crippen molar-refractivity contribution >= 4 is 16.0 Å². The Morgan fingerprint density at radius 3 is 2.17 bits per heavy atom. The van der Waals surface area contributed by atoms with Crippen LogP contribution in [0.5, 0.6) is 0 Å². The number of halogens is 3. The number of aryl methyl sites for hydroxylation is 3. The first-order valence-electron chi connectivity index (χ1n) is 12.3. The van der Waals surface area contributed by atoms with Crippen LogP contribution in [0.2, 0.25) is 0 Å². The monoisotopic (exact) mass is 575 g/mol. The SMILES string of the molecule is CC(=O)NC1CCc2nc(-c3ccc(-c4cc(C(F)(F)F)n(C)n4)cc3)cn2C1.Cc1ccc(S(=O)(=O)O)cc1. The molecule has 2 aromatic carbocycles. The number of nitrogens with zero attached hydrogens (tertiary/aromatic N) is 4. The highest BCUT2D eigenvalue weighted by atomic mass is 32.2. The van der Waals surface area contributed by atoms with E-state index >= 15 is 0 Å². The number of imidazole rings is 1. The Balaban J connectivity index is 0.000000283. The van der Waals surface area contributed by atoms with E-state index in [0.29, 0.717) is 12.1 Å². The number of nitrogens with one attached hydrogen (secondary N) is 1. The largest absolute Gasteiger partial charge is 0.433 e. The summed E-state index contributed by atoms with van der Waals surface area (Å²) in [5, 5.41) is 6.91. The molecule has 4 aromatic rings. The summed E-state index contributed by atoms with van der Waals surface area (Å²) < 4.78 is 71.4. The van der Waals surface area contributed by atoms with Crippen molar-refractivity contribution in [3.05, 3.63) is 77.9 Å². The second-order valence-electron chi connectivity index (χ2n) is 9.53. The third kappa shape index (κ3) is 6.96. The molecule has 1 aliphatic heterocycles. The maximum atomic E-state index is 13.0. The molecule has 0 spiro atoms. The van der Waals surface area contributed by atoms with Crippen molar-refractivity contribution in [3.63, 3.8) is 0 Å². The normalized spacial score (nSPS) is 15.1. The second-order valence-corrected chi connectivity index (χ2v) is 11.0. The fourth-order valence-corrected chi connectivity index (χ4v) is 4.86. The first-order chi connectivity index (χ1) is 18.7. The van der Waals surface area contributed by atoms with E-state index in [9.17, 15) is 26.4 Å². The quantitative estimate of drug-likeness (QED) is 0.342. The highest BCUT2D eigenvalue weighted by molar-refractivity contribution is 7.85. The molecule has 2 aromatic heterocycles. The van der Waals surface area contributed by atoms with Crippen molar-refractivity contribution in [1.29, 1.82) is 0 Å². The van der Waals surface area contributed by atoms with Crippen molar-refractivity contribution in [2.24, 2.45) is 7.05 Å². The third-order valence-corrected chi connectivity index (χ3v) is 7.23. The van der Waals surface area contributed by atoms with Crippen LogP contribution in [0.4, 0.5) is 13.2 Å². The molecule has 0 fully saturated rings. The lowest BCUT2D eigenvalue weighted by Crippen LogP contribution is -2.39. The molecular formula is C27H28F3N5O4S. The van der Waals surface area contributed by atoms with Crippen molar-refractivity contribution in [2.75, 3.05) is 0 Å². The minimum Gasteiger partial charge on any atom is -0.352 e. The predicted molar refractivity (Wildman–Crippen MR) is 142 cm³/mol. The molecule has 0 bridgehead atoms. The zero-order valence-electron chi connectivity index (χ0n) is 22.0. The van der Waals surface area contributed by atoms with Crippen molar-refractivity contribution in [3.8, 4) is 22.5 Å². The molecule has 3 heterocycles. The van der Waals surface area contributed by atoms with E-state index in [4.69, 9.17) is 4.55 Å². The molecule has 2 N–H and O–H groups in total. The van der Waals surface area contributed by atoms with Gasteiger partial charge in [-0.05, 0) is 31.5 Å². The molecule has 212 valence electrons. The van der Waals surface area contributed by atoms with Gasteiger partial charge in [-0.25, -0.2) is 4.98 Å². The minimum absolute atomic E-state index is 0.0439. The molecule has 1 unspecified atom stereocenters. The molecule has 40 heavy (non-hydrogen) atoms. The van der Waals surface area contributed by atoms with Crippen LogP contribution < -0.4 is 5.32 Å². The van der Waals surface area contributed by atoms with E-state index in [0.717, 1.165) is 46.2 Å². The number of hydrogen-bond donors (Lipinski definition) is 2. The lowest BCUT2D eigenvalue weighted by Gasteiger charge is -2.23. The van der Waals surface area contributed by atoms with E-state index in [2.05, 4.69) is 15.4 Å². The van der Waals surface area contributed by atoms with Gasteiger partial charge in [0, 0.05) is 50.3 Å². The van der Waals surface area contributed by atoms with Gasteiger partial charge in [-0.3, -0.25) is 14.0 Å². The lowest BCUT2D eigenvalue weighted by atomic mass is 10.1. The van der Waals surface area contributed by atoms with Crippen LogP contribution in [0.15, 0.2) is 65.7 Å². The Hall–Kier alpha value is -3.97. The Labute approximate surface area is 229 Å². The molecule has 5 rings (SSSR count). The summed E-state index contributed by atoms with van der Waals surface area (Å²) in [7, 11) is -2.74. The number of benzene rings is 2. The average Bonchev–Trinajstić information content (AvgIpc) is 3.47. The van der Waals surface area contributed by atoms with Gasteiger partial charge in [0.2, 0.25) is 5.91 Å². The van der Waals surface area contributed by atoms with Crippen molar-refractivity contribution in [2.45, 2.75) is 50.3 Å². The molecular weight excluding hydrogens is 547 g/mol. The molecule has 0 aliphatic carbocycles. The van der Waals surface area contributed by atoms with Gasteiger partial charge in [0.15, 0.2) is 0 Å². The topological polar surface area (TPSA) is 119 Å². The van der Waals surface area contributed by atoms with Crippen molar-refractivity contribution < 1.29 is 30.9 Å².